The molecule has 28 heavy (non-hydrogen) atoms. The molecule has 2 aromatic heterocycles. The lowest BCUT2D eigenvalue weighted by Gasteiger charge is -2.31. The summed E-state index contributed by atoms with van der Waals surface area (Å²) in [6.45, 7) is 1.54. The number of carbonyl (C=O) groups is 2. The van der Waals surface area contributed by atoms with E-state index in [2.05, 4.69) is 15.3 Å². The molecule has 0 aliphatic carbocycles. The fourth-order valence-corrected chi connectivity index (χ4v) is 3.86. The molecular weight excluding hydrogens is 380 g/mol. The molecule has 2 aromatic rings. The Bertz CT molecular complexity index is 809. The minimum Gasteiger partial charge on any atom is -0.481 e. The average Bonchev–Trinajstić information content (AvgIpc) is 3.21. The van der Waals surface area contributed by atoms with E-state index in [0.717, 1.165) is 29.1 Å². The van der Waals surface area contributed by atoms with Gasteiger partial charge in [0.2, 0.25) is 17.7 Å². The van der Waals surface area contributed by atoms with Crippen LogP contribution in [-0.2, 0) is 20.9 Å². The third-order valence-corrected chi connectivity index (χ3v) is 5.47. The highest BCUT2D eigenvalue weighted by Crippen LogP contribution is 2.23. The number of carbonyl (C=O) groups excluding carboxylic acids is 2. The SMILES string of the molecule is COCC(=O)N1CCC[C@H](C(=O)NCc2nc(-c3ccc(OC)nc3)cs2)C1. The monoisotopic (exact) mass is 404 g/mol. The highest BCUT2D eigenvalue weighted by Gasteiger charge is 2.28. The van der Waals surface area contributed by atoms with Gasteiger partial charge in [-0.05, 0) is 18.9 Å². The van der Waals surface area contributed by atoms with Crippen LogP contribution in [0.5, 0.6) is 5.88 Å². The number of methoxy groups -OCH3 is 2. The van der Waals surface area contributed by atoms with E-state index < -0.39 is 0 Å². The molecule has 0 aromatic carbocycles. The molecule has 8 nitrogen and oxygen atoms in total. The van der Waals surface area contributed by atoms with E-state index in [0.29, 0.717) is 25.5 Å². The average molecular weight is 404 g/mol. The van der Waals surface area contributed by atoms with Crippen molar-refractivity contribution in [3.8, 4) is 17.1 Å². The zero-order chi connectivity index (χ0) is 19.9. The predicted octanol–water partition coefficient (Wildman–Crippen LogP) is 1.71. The van der Waals surface area contributed by atoms with Crippen molar-refractivity contribution < 1.29 is 19.1 Å². The first kappa shape index (κ1) is 20.2. The fraction of sp³-hybridized carbons (Fsp3) is 0.474. The maximum atomic E-state index is 12.5. The van der Waals surface area contributed by atoms with Crippen molar-refractivity contribution >= 4 is 23.2 Å². The molecule has 3 rings (SSSR count). The Labute approximate surface area is 167 Å². The molecule has 1 saturated heterocycles. The minimum absolute atomic E-state index is 0.0437. The molecule has 3 heterocycles. The van der Waals surface area contributed by atoms with Gasteiger partial charge in [-0.1, -0.05) is 0 Å². The molecular formula is C19H24N4O4S. The molecule has 2 amide bonds. The van der Waals surface area contributed by atoms with Gasteiger partial charge < -0.3 is 19.7 Å². The Morgan fingerprint density at radius 2 is 2.21 bits per heavy atom. The molecule has 150 valence electrons. The van der Waals surface area contributed by atoms with E-state index in [9.17, 15) is 9.59 Å². The standard InChI is InChI=1S/C19H24N4O4S/c1-26-11-18(24)23-7-3-4-14(10-23)19(25)21-9-17-22-15(12-28-17)13-5-6-16(27-2)20-8-13/h5-6,8,12,14H,3-4,7,9-11H2,1-2H3,(H,21,25)/t14-/m0/s1. The number of ether oxygens (including phenoxy) is 2. The normalized spacial score (nSPS) is 16.6. The third-order valence-electron chi connectivity index (χ3n) is 4.62. The van der Waals surface area contributed by atoms with Crippen LogP contribution < -0.4 is 10.1 Å². The van der Waals surface area contributed by atoms with E-state index in [4.69, 9.17) is 9.47 Å². The van der Waals surface area contributed by atoms with Gasteiger partial charge in [0, 0.05) is 43.4 Å². The smallest absolute Gasteiger partial charge is 0.248 e. The van der Waals surface area contributed by atoms with Crippen molar-refractivity contribution in [3.63, 3.8) is 0 Å². The molecule has 0 bridgehead atoms. The number of hydrogen-bond acceptors (Lipinski definition) is 7. The summed E-state index contributed by atoms with van der Waals surface area (Å²) in [5.74, 6) is 0.243. The van der Waals surface area contributed by atoms with Crippen LogP contribution in [0.3, 0.4) is 0 Å². The summed E-state index contributed by atoms with van der Waals surface area (Å²) in [4.78, 5) is 34.9. The molecule has 0 unspecified atom stereocenters. The largest absolute Gasteiger partial charge is 0.481 e. The van der Waals surface area contributed by atoms with Crippen molar-refractivity contribution in [2.24, 2.45) is 5.92 Å². The number of nitrogens with one attached hydrogen (secondary N) is 1. The molecule has 1 aliphatic rings. The topological polar surface area (TPSA) is 93.7 Å². The van der Waals surface area contributed by atoms with Crippen LogP contribution >= 0.6 is 11.3 Å². The van der Waals surface area contributed by atoms with Gasteiger partial charge in [-0.25, -0.2) is 9.97 Å². The van der Waals surface area contributed by atoms with Gasteiger partial charge >= 0.3 is 0 Å². The van der Waals surface area contributed by atoms with Gasteiger partial charge in [0.1, 0.15) is 11.6 Å². The lowest BCUT2D eigenvalue weighted by Crippen LogP contribution is -2.46. The highest BCUT2D eigenvalue weighted by molar-refractivity contribution is 7.09. The molecule has 0 radical (unpaired) electrons. The summed E-state index contributed by atoms with van der Waals surface area (Å²) < 4.78 is 9.96. The number of rotatable bonds is 7. The van der Waals surface area contributed by atoms with E-state index in [1.54, 1.807) is 24.3 Å². The van der Waals surface area contributed by atoms with Crippen molar-refractivity contribution in [3.05, 3.63) is 28.7 Å². The second-order valence-electron chi connectivity index (χ2n) is 6.55. The first-order valence-corrected chi connectivity index (χ1v) is 9.98. The molecule has 1 aliphatic heterocycles. The van der Waals surface area contributed by atoms with Crippen LogP contribution in [0.15, 0.2) is 23.7 Å². The number of pyridine rings is 1. The third kappa shape index (κ3) is 5.05. The van der Waals surface area contributed by atoms with E-state index in [1.807, 2.05) is 11.4 Å². The maximum absolute atomic E-state index is 12.5. The summed E-state index contributed by atoms with van der Waals surface area (Å²) in [5.41, 5.74) is 1.72. The highest BCUT2D eigenvalue weighted by atomic mass is 32.1. The minimum atomic E-state index is -0.195. The zero-order valence-corrected chi connectivity index (χ0v) is 16.8. The van der Waals surface area contributed by atoms with Crippen LogP contribution in [0, 0.1) is 5.92 Å². The van der Waals surface area contributed by atoms with Crippen LogP contribution in [0.1, 0.15) is 17.8 Å². The second kappa shape index (κ2) is 9.61. The molecule has 0 spiro atoms. The van der Waals surface area contributed by atoms with Gasteiger partial charge in [0.15, 0.2) is 0 Å². The van der Waals surface area contributed by atoms with Crippen molar-refractivity contribution in [2.45, 2.75) is 19.4 Å². The Balaban J connectivity index is 1.53. The number of thiazole rings is 1. The summed E-state index contributed by atoms with van der Waals surface area (Å²) in [5, 5.41) is 5.71. The van der Waals surface area contributed by atoms with Gasteiger partial charge in [-0.15, -0.1) is 11.3 Å². The first-order valence-electron chi connectivity index (χ1n) is 9.10. The summed E-state index contributed by atoms with van der Waals surface area (Å²) in [6.07, 6.45) is 3.31. The Morgan fingerprint density at radius 1 is 1.36 bits per heavy atom. The first-order chi connectivity index (χ1) is 13.6. The number of aromatic nitrogens is 2. The van der Waals surface area contributed by atoms with Crippen LogP contribution in [0.25, 0.3) is 11.3 Å². The number of hydrogen-bond donors (Lipinski definition) is 1. The molecule has 1 fully saturated rings. The maximum Gasteiger partial charge on any atom is 0.248 e. The molecule has 1 N–H and O–H groups in total. The Morgan fingerprint density at radius 3 is 2.93 bits per heavy atom. The lowest BCUT2D eigenvalue weighted by molar-refractivity contribution is -0.139. The van der Waals surface area contributed by atoms with Crippen molar-refractivity contribution in [1.82, 2.24) is 20.2 Å². The quantitative estimate of drug-likeness (QED) is 0.755. The number of nitrogens with zero attached hydrogens (tertiary/aromatic N) is 3. The second-order valence-corrected chi connectivity index (χ2v) is 7.49. The Kier molecular flexibility index (Phi) is 6.94. The van der Waals surface area contributed by atoms with Crippen molar-refractivity contribution in [1.29, 1.82) is 0 Å². The summed E-state index contributed by atoms with van der Waals surface area (Å²) in [6, 6.07) is 3.69. The summed E-state index contributed by atoms with van der Waals surface area (Å²) >= 11 is 1.49. The van der Waals surface area contributed by atoms with Gasteiger partial charge in [-0.2, -0.15) is 0 Å². The lowest BCUT2D eigenvalue weighted by atomic mass is 9.97. The molecule has 1 atom stereocenters. The molecule has 0 saturated carbocycles. The fourth-order valence-electron chi connectivity index (χ4n) is 3.12. The van der Waals surface area contributed by atoms with Gasteiger partial charge in [0.05, 0.1) is 25.3 Å². The summed E-state index contributed by atoms with van der Waals surface area (Å²) in [7, 11) is 3.07. The van der Waals surface area contributed by atoms with E-state index in [-0.39, 0.29) is 24.3 Å². The Hall–Kier alpha value is -2.52. The predicted molar refractivity (Wildman–Crippen MR) is 105 cm³/mol. The van der Waals surface area contributed by atoms with E-state index >= 15 is 0 Å². The van der Waals surface area contributed by atoms with Gasteiger partial charge in [0.25, 0.3) is 0 Å². The van der Waals surface area contributed by atoms with Crippen LogP contribution in [0.4, 0.5) is 0 Å². The number of likely N-dealkylation sites (tertiary alicyclic amines) is 1. The number of piperidine rings is 1. The number of amides is 2. The van der Waals surface area contributed by atoms with Crippen molar-refractivity contribution in [2.75, 3.05) is 33.9 Å². The molecule has 9 heteroatoms. The van der Waals surface area contributed by atoms with E-state index in [1.165, 1.54) is 18.4 Å². The zero-order valence-electron chi connectivity index (χ0n) is 16.0. The van der Waals surface area contributed by atoms with Crippen LogP contribution in [0.2, 0.25) is 0 Å². The van der Waals surface area contributed by atoms with Gasteiger partial charge in [-0.3, -0.25) is 9.59 Å². The van der Waals surface area contributed by atoms with Crippen LogP contribution in [-0.4, -0.2) is 60.6 Å².